The summed E-state index contributed by atoms with van der Waals surface area (Å²) in [6.45, 7) is 1.87. The largest absolute Gasteiger partial charge is 0.511 e. The van der Waals surface area contributed by atoms with Crippen molar-refractivity contribution in [2.75, 3.05) is 6.61 Å². The average molecular weight is 227 g/mol. The Labute approximate surface area is 92.3 Å². The Balaban J connectivity index is 2.29. The summed E-state index contributed by atoms with van der Waals surface area (Å²) in [7, 11) is 0. The average Bonchev–Trinajstić information content (AvgIpc) is 2.56. The normalized spacial score (nSPS) is 24.2. The lowest BCUT2D eigenvalue weighted by Crippen LogP contribution is -2.29. The minimum atomic E-state index is -0.674. The molecule has 0 saturated carbocycles. The number of aliphatic hydroxyl groups excluding tert-OH is 1. The third-order valence-corrected chi connectivity index (χ3v) is 2.70. The van der Waals surface area contributed by atoms with E-state index >= 15 is 0 Å². The summed E-state index contributed by atoms with van der Waals surface area (Å²) in [6.07, 6.45) is 1.82. The SMILES string of the molecule is CCOC(=O)C1=[N+]([O-])OC2=C(O)CCC[C@H]21. The number of fused-ring (bicyclic) bond motifs is 1. The van der Waals surface area contributed by atoms with Crippen LogP contribution in [0.4, 0.5) is 0 Å². The number of allylic oxidation sites excluding steroid dienone is 2. The Morgan fingerprint density at radius 1 is 1.75 bits per heavy atom. The fourth-order valence-electron chi connectivity index (χ4n) is 1.99. The zero-order valence-corrected chi connectivity index (χ0v) is 8.93. The Hall–Kier alpha value is -1.72. The number of aliphatic hydroxyl groups is 1. The molecule has 0 unspecified atom stereocenters. The predicted molar refractivity (Wildman–Crippen MR) is 53.3 cm³/mol. The highest BCUT2D eigenvalue weighted by molar-refractivity contribution is 6.35. The van der Waals surface area contributed by atoms with Crippen LogP contribution in [-0.2, 0) is 14.4 Å². The van der Waals surface area contributed by atoms with Gasteiger partial charge in [-0.15, -0.1) is 0 Å². The van der Waals surface area contributed by atoms with Crippen molar-refractivity contribution < 1.29 is 24.4 Å². The van der Waals surface area contributed by atoms with Gasteiger partial charge in [0.2, 0.25) is 0 Å². The van der Waals surface area contributed by atoms with Crippen molar-refractivity contribution in [3.63, 3.8) is 0 Å². The Morgan fingerprint density at radius 3 is 3.19 bits per heavy atom. The highest BCUT2D eigenvalue weighted by atomic mass is 16.9. The smallest absolute Gasteiger partial charge is 0.405 e. The quantitative estimate of drug-likeness (QED) is 0.562. The number of carbonyl (C=O) groups excluding carboxylic acids is 1. The van der Waals surface area contributed by atoms with Gasteiger partial charge in [-0.2, -0.15) is 0 Å². The van der Waals surface area contributed by atoms with Crippen LogP contribution in [0.1, 0.15) is 26.2 Å². The Morgan fingerprint density at radius 2 is 2.50 bits per heavy atom. The van der Waals surface area contributed by atoms with E-state index in [0.29, 0.717) is 12.8 Å². The molecule has 0 spiro atoms. The first-order chi connectivity index (χ1) is 7.65. The second-order valence-electron chi connectivity index (χ2n) is 3.71. The Bertz CT molecular complexity index is 385. The topological polar surface area (TPSA) is 81.8 Å². The van der Waals surface area contributed by atoms with E-state index in [1.807, 2.05) is 0 Å². The van der Waals surface area contributed by atoms with Crippen molar-refractivity contribution in [1.82, 2.24) is 0 Å². The summed E-state index contributed by atoms with van der Waals surface area (Å²) in [5, 5.41) is 21.0. The van der Waals surface area contributed by atoms with Gasteiger partial charge in [0, 0.05) is 6.42 Å². The predicted octanol–water partition coefficient (Wildman–Crippen LogP) is 1.02. The minimum absolute atomic E-state index is 0.0522. The molecule has 0 fully saturated rings. The van der Waals surface area contributed by atoms with Crippen molar-refractivity contribution in [2.45, 2.75) is 26.2 Å². The van der Waals surface area contributed by atoms with Gasteiger partial charge in [-0.1, -0.05) is 0 Å². The molecule has 2 aliphatic rings. The standard InChI is InChI=1S/C10H13NO5/c1-2-15-10(13)8-6-4-3-5-7(12)9(6)16-11(8)14/h6,12H,2-5H2,1H3/t6-/m0/s1. The lowest BCUT2D eigenvalue weighted by Gasteiger charge is -2.17. The van der Waals surface area contributed by atoms with Crippen LogP contribution in [0, 0.1) is 11.1 Å². The lowest BCUT2D eigenvalue weighted by molar-refractivity contribution is -0.717. The molecule has 0 aromatic heterocycles. The molecule has 0 saturated heterocycles. The number of carbonyl (C=O) groups is 1. The van der Waals surface area contributed by atoms with Gasteiger partial charge < -0.3 is 14.7 Å². The first kappa shape index (κ1) is 10.8. The summed E-state index contributed by atoms with van der Waals surface area (Å²) < 4.78 is 4.78. The maximum Gasteiger partial charge on any atom is 0.405 e. The molecule has 88 valence electrons. The number of hydrogen-bond donors (Lipinski definition) is 1. The van der Waals surface area contributed by atoms with E-state index in [2.05, 4.69) is 0 Å². The maximum atomic E-state index is 11.5. The van der Waals surface area contributed by atoms with E-state index in [-0.39, 0.29) is 28.7 Å². The molecule has 0 aromatic rings. The van der Waals surface area contributed by atoms with Crippen LogP contribution >= 0.6 is 0 Å². The summed E-state index contributed by atoms with van der Waals surface area (Å²) in [5.74, 6) is -0.877. The maximum absolute atomic E-state index is 11.5. The number of hydrogen-bond acceptors (Lipinski definition) is 5. The van der Waals surface area contributed by atoms with Crippen molar-refractivity contribution in [3.05, 3.63) is 16.7 Å². The fourth-order valence-corrected chi connectivity index (χ4v) is 1.99. The zero-order valence-electron chi connectivity index (χ0n) is 8.93. The van der Waals surface area contributed by atoms with Gasteiger partial charge >= 0.3 is 11.7 Å². The molecule has 0 bridgehead atoms. The van der Waals surface area contributed by atoms with Crippen LogP contribution in [0.25, 0.3) is 0 Å². The second kappa shape index (κ2) is 4.03. The summed E-state index contributed by atoms with van der Waals surface area (Å²) in [5.41, 5.74) is -0.0666. The van der Waals surface area contributed by atoms with E-state index in [0.717, 1.165) is 6.42 Å². The van der Waals surface area contributed by atoms with Crippen LogP contribution in [-0.4, -0.2) is 28.3 Å². The van der Waals surface area contributed by atoms with Gasteiger partial charge in [-0.05, 0) is 19.8 Å². The van der Waals surface area contributed by atoms with Gasteiger partial charge in [0.15, 0.2) is 0 Å². The van der Waals surface area contributed by atoms with Gasteiger partial charge in [0.1, 0.15) is 11.5 Å². The number of ether oxygens (including phenoxy) is 1. The molecule has 6 heteroatoms. The number of nitrogens with zero attached hydrogens (tertiary/aromatic N) is 1. The molecular formula is C10H13NO5. The number of rotatable bonds is 2. The van der Waals surface area contributed by atoms with Crippen LogP contribution in [0.2, 0.25) is 0 Å². The Kier molecular flexibility index (Phi) is 2.72. The highest BCUT2D eigenvalue weighted by Gasteiger charge is 2.44. The zero-order chi connectivity index (χ0) is 11.7. The van der Waals surface area contributed by atoms with Crippen LogP contribution in [0.3, 0.4) is 0 Å². The molecule has 1 atom stereocenters. The van der Waals surface area contributed by atoms with Crippen LogP contribution in [0.5, 0.6) is 0 Å². The van der Waals surface area contributed by atoms with E-state index in [1.165, 1.54) is 0 Å². The van der Waals surface area contributed by atoms with E-state index in [9.17, 15) is 15.1 Å². The molecule has 16 heavy (non-hydrogen) atoms. The van der Waals surface area contributed by atoms with Gasteiger partial charge in [-0.25, -0.2) is 4.79 Å². The molecule has 0 radical (unpaired) electrons. The van der Waals surface area contributed by atoms with Crippen LogP contribution < -0.4 is 0 Å². The first-order valence-corrected chi connectivity index (χ1v) is 5.26. The third-order valence-electron chi connectivity index (χ3n) is 2.70. The molecular weight excluding hydrogens is 214 g/mol. The van der Waals surface area contributed by atoms with E-state index < -0.39 is 11.9 Å². The minimum Gasteiger partial charge on any atom is -0.511 e. The summed E-state index contributed by atoms with van der Waals surface area (Å²) in [4.78, 5) is 16.5. The molecule has 0 amide bonds. The van der Waals surface area contributed by atoms with Crippen LogP contribution in [0.15, 0.2) is 11.5 Å². The highest BCUT2D eigenvalue weighted by Crippen LogP contribution is 2.34. The molecule has 1 heterocycles. The number of esters is 1. The van der Waals surface area contributed by atoms with Crippen molar-refractivity contribution in [3.8, 4) is 0 Å². The summed E-state index contributed by atoms with van der Waals surface area (Å²) >= 11 is 0. The summed E-state index contributed by atoms with van der Waals surface area (Å²) in [6, 6.07) is 0. The van der Waals surface area contributed by atoms with E-state index in [1.54, 1.807) is 6.92 Å². The molecule has 2 rings (SSSR count). The molecule has 6 nitrogen and oxygen atoms in total. The van der Waals surface area contributed by atoms with Gasteiger partial charge in [0.05, 0.1) is 17.4 Å². The van der Waals surface area contributed by atoms with Gasteiger partial charge in [-0.3, -0.25) is 5.21 Å². The lowest BCUT2D eigenvalue weighted by atomic mass is 9.89. The van der Waals surface area contributed by atoms with Crippen molar-refractivity contribution in [1.29, 1.82) is 0 Å². The first-order valence-electron chi connectivity index (χ1n) is 5.26. The van der Waals surface area contributed by atoms with Crippen molar-refractivity contribution in [2.24, 2.45) is 5.92 Å². The van der Waals surface area contributed by atoms with Crippen molar-refractivity contribution >= 4 is 11.7 Å². The van der Waals surface area contributed by atoms with Gasteiger partial charge in [0.25, 0.3) is 0 Å². The second-order valence-corrected chi connectivity index (χ2v) is 3.71. The fraction of sp³-hybridized carbons (Fsp3) is 0.600. The molecule has 1 N–H and O–H groups in total. The molecule has 1 aliphatic carbocycles. The third kappa shape index (κ3) is 1.60. The monoisotopic (exact) mass is 227 g/mol. The molecule has 0 aromatic carbocycles. The molecule has 1 aliphatic heterocycles. The van der Waals surface area contributed by atoms with E-state index in [4.69, 9.17) is 9.57 Å².